The van der Waals surface area contributed by atoms with Gasteiger partial charge >= 0.3 is 0 Å². The molecule has 0 aromatic heterocycles. The van der Waals surface area contributed by atoms with Gasteiger partial charge in [0.2, 0.25) is 65.0 Å². The predicted molar refractivity (Wildman–Crippen MR) is 302 cm³/mol. The number of phenols is 1. The molecule has 0 aliphatic carbocycles. The molecule has 0 aliphatic rings. The van der Waals surface area contributed by atoms with Gasteiger partial charge in [-0.15, -0.1) is 0 Å². The molecular formula is C51H88N18O13. The van der Waals surface area contributed by atoms with Crippen LogP contribution < -0.4 is 88.4 Å². The maximum Gasteiger partial charge on any atom is 0.243 e. The molecule has 0 radical (unpaired) electrons. The van der Waals surface area contributed by atoms with Crippen molar-refractivity contribution in [1.82, 2.24) is 42.5 Å². The summed E-state index contributed by atoms with van der Waals surface area (Å²) in [4.78, 5) is 156. The van der Waals surface area contributed by atoms with E-state index >= 15 is 0 Å². The van der Waals surface area contributed by atoms with Crippen molar-refractivity contribution in [2.75, 3.05) is 19.6 Å². The second kappa shape index (κ2) is 37.6. The monoisotopic (exact) mass is 1160 g/mol. The Labute approximate surface area is 476 Å². The quantitative estimate of drug-likeness (QED) is 0.0165. The van der Waals surface area contributed by atoms with Crippen LogP contribution in [0.15, 0.2) is 34.3 Å². The summed E-state index contributed by atoms with van der Waals surface area (Å²) in [6.45, 7) is 8.04. The van der Waals surface area contributed by atoms with Crippen molar-refractivity contribution in [2.45, 2.75) is 173 Å². The zero-order valence-electron chi connectivity index (χ0n) is 47.4. The SMILES string of the molecule is CC(C)C[C@H](NC(=O)[C@H](C)NC(=O)[C@H](CCCCN)NC(=O)[C@H](CCCN=C(N)N)NC(=O)[C@H](Cc1ccc(O)cc1)NC(=O)[C@H](CCC(N)=O)NC(=O)[C@H](CCC(N)=O)NC(=O)[C@H](CCCN=C(N)N)NC(=O)[C@@H](C)[C@@H](C)O)C(N)=O. The predicted octanol–water partition coefficient (Wildman–Crippen LogP) is -5.85. The Morgan fingerprint density at radius 2 is 0.829 bits per heavy atom. The van der Waals surface area contributed by atoms with Crippen molar-refractivity contribution in [3.63, 3.8) is 0 Å². The minimum absolute atomic E-state index is 0.0150. The number of nitrogens with zero attached hydrogens (tertiary/aromatic N) is 2. The smallest absolute Gasteiger partial charge is 0.243 e. The third-order valence-corrected chi connectivity index (χ3v) is 12.6. The van der Waals surface area contributed by atoms with Crippen LogP contribution in [0.2, 0.25) is 0 Å². The van der Waals surface area contributed by atoms with Gasteiger partial charge in [-0.05, 0) is 108 Å². The number of benzene rings is 1. The van der Waals surface area contributed by atoms with Crippen LogP contribution in [-0.2, 0) is 59.2 Å². The fraction of sp³-hybridized carbons (Fsp3) is 0.627. The number of hydrogen-bond donors (Lipinski definition) is 18. The van der Waals surface area contributed by atoms with Crippen LogP contribution in [0.25, 0.3) is 0 Å². The Hall–Kier alpha value is -8.35. The summed E-state index contributed by atoms with van der Waals surface area (Å²) in [5, 5.41) is 40.4. The maximum atomic E-state index is 14.6. The van der Waals surface area contributed by atoms with E-state index in [0.29, 0.717) is 18.4 Å². The van der Waals surface area contributed by atoms with Crippen LogP contribution in [0.1, 0.15) is 117 Å². The molecule has 31 heteroatoms. The molecule has 31 nitrogen and oxygen atoms in total. The van der Waals surface area contributed by atoms with Crippen molar-refractivity contribution in [3.8, 4) is 5.75 Å². The van der Waals surface area contributed by atoms with Gasteiger partial charge in [0.05, 0.1) is 12.0 Å². The molecule has 82 heavy (non-hydrogen) atoms. The normalized spacial score (nSPS) is 14.6. The molecule has 0 fully saturated rings. The van der Waals surface area contributed by atoms with Crippen molar-refractivity contribution in [1.29, 1.82) is 0 Å². The van der Waals surface area contributed by atoms with Gasteiger partial charge in [-0.1, -0.05) is 32.9 Å². The number of nitrogens with one attached hydrogen (secondary N) is 8. The number of carbonyl (C=O) groups excluding carboxylic acids is 11. The first kappa shape index (κ1) is 71.7. The Morgan fingerprint density at radius 3 is 1.21 bits per heavy atom. The first-order valence-corrected chi connectivity index (χ1v) is 27.0. The summed E-state index contributed by atoms with van der Waals surface area (Å²) in [6, 6.07) is -5.85. The molecule has 460 valence electrons. The second-order valence-corrected chi connectivity index (χ2v) is 20.3. The standard InChI is InChI=1S/C51H88N18O13/c1-26(2)24-37(41(55)74)68-43(76)28(4)62-44(77)32(10-6-7-21-52)64-46(79)34(12-9-23-61-51(58)59)65-49(82)38(25-30-13-15-31(71)16-14-30)69-48(81)36(18-20-40(54)73)67-47(80)35(17-19-39(53)72)66-45(78)33(11-8-22-60-50(56)57)63-42(75)27(3)29(5)70/h13-16,26-29,32-38,70-71H,6-12,17-25,52H2,1-5H3,(H2,53,72)(H2,54,73)(H2,55,74)(H,62,77)(H,63,75)(H,64,79)(H,65,82)(H,66,78)(H,67,80)(H,68,76)(H,69,81)(H4,56,57,60)(H4,58,59,61)/t27-,28-,29+,32-,33-,34-,35-,36-,37-,38-/m0/s1. The Bertz CT molecular complexity index is 2360. The molecule has 0 aliphatic heterocycles. The molecule has 0 saturated heterocycles. The molecular weight excluding hydrogens is 1070 g/mol. The summed E-state index contributed by atoms with van der Waals surface area (Å²) >= 11 is 0. The lowest BCUT2D eigenvalue weighted by molar-refractivity contribution is -0.136. The summed E-state index contributed by atoms with van der Waals surface area (Å²) in [5.41, 5.74) is 44.4. The summed E-state index contributed by atoms with van der Waals surface area (Å²) in [5.74, 6) is -11.5. The minimum Gasteiger partial charge on any atom is -0.508 e. The van der Waals surface area contributed by atoms with Gasteiger partial charge in [-0.2, -0.15) is 0 Å². The Kier molecular flexibility index (Phi) is 32.8. The summed E-state index contributed by atoms with van der Waals surface area (Å²) in [6.07, 6.45) is -2.37. The van der Waals surface area contributed by atoms with Crippen LogP contribution in [0.3, 0.4) is 0 Å². The molecule has 0 spiro atoms. The number of rotatable bonds is 40. The van der Waals surface area contributed by atoms with Crippen molar-refractivity contribution < 1.29 is 63.0 Å². The van der Waals surface area contributed by atoms with Gasteiger partial charge in [0, 0.05) is 32.4 Å². The number of aliphatic hydroxyl groups is 1. The van der Waals surface area contributed by atoms with E-state index in [-0.39, 0.29) is 88.2 Å². The molecule has 0 bridgehead atoms. The average Bonchev–Trinajstić information content (AvgIpc) is 3.40. The van der Waals surface area contributed by atoms with Crippen molar-refractivity contribution >= 4 is 76.9 Å². The number of hydrogen-bond acceptors (Lipinski definition) is 16. The fourth-order valence-electron chi connectivity index (χ4n) is 7.77. The van der Waals surface area contributed by atoms with Gasteiger partial charge in [0.15, 0.2) is 11.9 Å². The maximum absolute atomic E-state index is 14.6. The first-order chi connectivity index (χ1) is 38.4. The zero-order valence-corrected chi connectivity index (χ0v) is 47.4. The minimum atomic E-state index is -1.70. The molecule has 1 rings (SSSR count). The number of aliphatic hydroxyl groups excluding tert-OH is 1. The molecule has 10 atom stereocenters. The molecule has 26 N–H and O–H groups in total. The average molecular weight is 1160 g/mol. The number of phenolic OH excluding ortho intramolecular Hbond substituents is 1. The van der Waals surface area contributed by atoms with E-state index in [1.54, 1.807) is 0 Å². The van der Waals surface area contributed by atoms with E-state index in [2.05, 4.69) is 52.5 Å². The number of unbranched alkanes of at least 4 members (excludes halogenated alkanes) is 1. The van der Waals surface area contributed by atoms with Gasteiger partial charge in [-0.3, -0.25) is 62.7 Å². The Balaban J connectivity index is 3.76. The van der Waals surface area contributed by atoms with E-state index in [9.17, 15) is 63.0 Å². The van der Waals surface area contributed by atoms with Crippen LogP contribution in [0, 0.1) is 11.8 Å². The third kappa shape index (κ3) is 29.2. The molecule has 11 amide bonds. The van der Waals surface area contributed by atoms with Gasteiger partial charge in [-0.25, -0.2) is 0 Å². The number of guanidine groups is 2. The fourth-order valence-corrected chi connectivity index (χ4v) is 7.77. The van der Waals surface area contributed by atoms with E-state index < -0.39 is 151 Å². The number of aliphatic imine (C=N–C) groups is 2. The Morgan fingerprint density at radius 1 is 0.463 bits per heavy atom. The highest BCUT2D eigenvalue weighted by molar-refractivity contribution is 5.98. The highest BCUT2D eigenvalue weighted by atomic mass is 16.3. The number of amides is 11. The highest BCUT2D eigenvalue weighted by Gasteiger charge is 2.35. The number of aromatic hydroxyl groups is 1. The second-order valence-electron chi connectivity index (χ2n) is 20.3. The molecule has 0 saturated carbocycles. The van der Waals surface area contributed by atoms with E-state index in [4.69, 9.17) is 45.9 Å². The van der Waals surface area contributed by atoms with Crippen LogP contribution in [-0.4, -0.2) is 161 Å². The van der Waals surface area contributed by atoms with Crippen LogP contribution >= 0.6 is 0 Å². The number of primary amides is 3. The number of nitrogens with two attached hydrogens (primary N) is 8. The topological polar surface area (TPSA) is 557 Å². The lowest BCUT2D eigenvalue weighted by Crippen LogP contribution is -2.60. The van der Waals surface area contributed by atoms with Gasteiger partial charge in [0.1, 0.15) is 54.1 Å². The van der Waals surface area contributed by atoms with Crippen molar-refractivity contribution in [3.05, 3.63) is 29.8 Å². The largest absolute Gasteiger partial charge is 0.508 e. The molecule has 1 aromatic carbocycles. The molecule has 1 aromatic rings. The van der Waals surface area contributed by atoms with Gasteiger partial charge < -0.3 is 98.6 Å². The first-order valence-electron chi connectivity index (χ1n) is 27.0. The summed E-state index contributed by atoms with van der Waals surface area (Å²) in [7, 11) is 0. The van der Waals surface area contributed by atoms with Crippen LogP contribution in [0.5, 0.6) is 5.75 Å². The number of carbonyl (C=O) groups is 11. The highest BCUT2D eigenvalue weighted by Crippen LogP contribution is 2.14. The van der Waals surface area contributed by atoms with E-state index in [0.717, 1.165) is 0 Å². The zero-order chi connectivity index (χ0) is 62.2. The van der Waals surface area contributed by atoms with Crippen molar-refractivity contribution in [2.24, 2.45) is 67.7 Å². The lowest BCUT2D eigenvalue weighted by atomic mass is 10.0. The lowest BCUT2D eigenvalue weighted by Gasteiger charge is -2.28. The summed E-state index contributed by atoms with van der Waals surface area (Å²) < 4.78 is 0. The van der Waals surface area contributed by atoms with Gasteiger partial charge in [0.25, 0.3) is 0 Å². The molecule has 0 unspecified atom stereocenters. The van der Waals surface area contributed by atoms with Crippen LogP contribution in [0.4, 0.5) is 0 Å². The van der Waals surface area contributed by atoms with E-state index in [1.165, 1.54) is 45.0 Å². The molecule has 0 heterocycles. The third-order valence-electron chi connectivity index (χ3n) is 12.6. The van der Waals surface area contributed by atoms with E-state index in [1.807, 2.05) is 13.8 Å².